The van der Waals surface area contributed by atoms with E-state index in [2.05, 4.69) is 20.0 Å². The topological polar surface area (TPSA) is 193 Å². The highest BCUT2D eigenvalue weighted by Crippen LogP contribution is 2.46. The van der Waals surface area contributed by atoms with Crippen molar-refractivity contribution in [3.8, 4) is 5.75 Å². The van der Waals surface area contributed by atoms with Crippen molar-refractivity contribution in [3.05, 3.63) is 47.0 Å². The molecule has 212 valence electrons. The van der Waals surface area contributed by atoms with E-state index >= 15 is 0 Å². The number of para-hydroxylation sites is 1. The van der Waals surface area contributed by atoms with Gasteiger partial charge in [-0.15, -0.1) is 0 Å². The van der Waals surface area contributed by atoms with Crippen LogP contribution in [0.4, 0.5) is 10.3 Å². The van der Waals surface area contributed by atoms with Crippen LogP contribution in [-0.2, 0) is 23.4 Å². The molecule has 0 bridgehead atoms. The number of hydrogen-bond donors (Lipinski definition) is 4. The van der Waals surface area contributed by atoms with Gasteiger partial charge in [0.15, 0.2) is 17.4 Å². The number of aliphatic hydroxyl groups is 1. The Morgan fingerprint density at radius 2 is 2.05 bits per heavy atom. The SMILES string of the molecule is CC(C)OC(=O)C(C)NP(=O)(OCC1OC(n2cnc3c(=O)[nH]c(N)nc32)C(O)C1CF)Oc1ccccc1. The Bertz CT molecular complexity index is 1400. The van der Waals surface area contributed by atoms with Gasteiger partial charge in [-0.1, -0.05) is 18.2 Å². The van der Waals surface area contributed by atoms with Gasteiger partial charge in [0.05, 0.1) is 31.8 Å². The van der Waals surface area contributed by atoms with Crippen molar-refractivity contribution in [1.82, 2.24) is 24.6 Å². The quantitative estimate of drug-likeness (QED) is 0.193. The number of H-pyrrole nitrogens is 1. The van der Waals surface area contributed by atoms with Crippen molar-refractivity contribution < 1.29 is 37.4 Å². The fourth-order valence-corrected chi connectivity index (χ4v) is 5.51. The van der Waals surface area contributed by atoms with E-state index < -0.39 is 69.1 Å². The number of alkyl halides is 1. The highest BCUT2D eigenvalue weighted by atomic mass is 31.2. The number of fused-ring (bicyclic) bond motifs is 1. The molecule has 6 atom stereocenters. The number of anilines is 1. The molecule has 6 unspecified atom stereocenters. The van der Waals surface area contributed by atoms with Gasteiger partial charge in [-0.3, -0.25) is 28.1 Å². The summed E-state index contributed by atoms with van der Waals surface area (Å²) in [4.78, 5) is 34.8. The molecule has 2 aromatic heterocycles. The molecule has 0 amide bonds. The molecule has 0 radical (unpaired) electrons. The van der Waals surface area contributed by atoms with Crippen molar-refractivity contribution in [2.75, 3.05) is 19.0 Å². The highest BCUT2D eigenvalue weighted by molar-refractivity contribution is 7.52. The summed E-state index contributed by atoms with van der Waals surface area (Å²) in [5.41, 5.74) is 5.01. The van der Waals surface area contributed by atoms with E-state index in [0.717, 1.165) is 0 Å². The number of nitrogen functional groups attached to an aromatic ring is 1. The number of rotatable bonds is 11. The largest absolute Gasteiger partial charge is 0.462 e. The van der Waals surface area contributed by atoms with E-state index in [1.54, 1.807) is 32.0 Å². The molecular weight excluding hydrogens is 538 g/mol. The number of esters is 1. The number of aromatic nitrogens is 4. The van der Waals surface area contributed by atoms with Crippen LogP contribution in [0.15, 0.2) is 41.5 Å². The first kappa shape index (κ1) is 28.6. The third kappa shape index (κ3) is 6.45. The summed E-state index contributed by atoms with van der Waals surface area (Å²) in [6.07, 6.45) is -2.93. The van der Waals surface area contributed by atoms with Gasteiger partial charge >= 0.3 is 13.7 Å². The second-order valence-electron chi connectivity index (χ2n) is 9.18. The number of ether oxygens (including phenoxy) is 2. The number of halogens is 1. The molecule has 0 saturated carbocycles. The van der Waals surface area contributed by atoms with Gasteiger partial charge in [0.1, 0.15) is 17.9 Å². The molecule has 1 aromatic carbocycles. The maximum atomic E-state index is 14.1. The number of aromatic amines is 1. The third-order valence-electron chi connectivity index (χ3n) is 5.86. The maximum absolute atomic E-state index is 14.1. The van der Waals surface area contributed by atoms with Crippen LogP contribution in [0.5, 0.6) is 5.75 Å². The van der Waals surface area contributed by atoms with Crippen LogP contribution in [0, 0.1) is 5.92 Å². The standard InChI is InChI=1S/C23H30FN6O8P/c1-12(2)36-22(33)13(3)29-39(34,38-14-7-5-4-6-8-14)35-10-16-15(9-24)18(31)21(37-16)30-11-26-17-19(30)27-23(25)28-20(17)32/h4-8,11-13,15-16,18,21,31H,9-10H2,1-3H3,(H,29,34)(H3,25,27,28,32). The molecule has 14 nitrogen and oxygen atoms in total. The predicted octanol–water partition coefficient (Wildman–Crippen LogP) is 1.68. The fraction of sp³-hybridized carbons (Fsp3) is 0.478. The number of nitrogens with one attached hydrogen (secondary N) is 2. The minimum atomic E-state index is -4.26. The first-order valence-electron chi connectivity index (χ1n) is 12.1. The van der Waals surface area contributed by atoms with E-state index in [1.165, 1.54) is 30.0 Å². The number of carbonyl (C=O) groups is 1. The lowest BCUT2D eigenvalue weighted by molar-refractivity contribution is -0.149. The van der Waals surface area contributed by atoms with Gasteiger partial charge in [0.2, 0.25) is 5.95 Å². The Hall–Kier alpha value is -3.36. The van der Waals surface area contributed by atoms with E-state index in [9.17, 15) is 23.7 Å². The Labute approximate surface area is 222 Å². The summed E-state index contributed by atoms with van der Waals surface area (Å²) in [5.74, 6) is -1.79. The summed E-state index contributed by atoms with van der Waals surface area (Å²) >= 11 is 0. The molecule has 1 fully saturated rings. The molecule has 16 heteroatoms. The second kappa shape index (κ2) is 11.8. The van der Waals surface area contributed by atoms with E-state index in [0.29, 0.717) is 0 Å². The lowest BCUT2D eigenvalue weighted by atomic mass is 10.0. The summed E-state index contributed by atoms with van der Waals surface area (Å²) in [6.45, 7) is 3.26. The molecule has 0 aliphatic carbocycles. The van der Waals surface area contributed by atoms with Crippen LogP contribution in [0.1, 0.15) is 27.0 Å². The summed E-state index contributed by atoms with van der Waals surface area (Å²) in [5, 5.41) is 13.4. The number of aliphatic hydroxyl groups excluding tert-OH is 1. The third-order valence-corrected chi connectivity index (χ3v) is 7.50. The highest BCUT2D eigenvalue weighted by Gasteiger charge is 2.47. The minimum Gasteiger partial charge on any atom is -0.462 e. The van der Waals surface area contributed by atoms with E-state index in [-0.39, 0.29) is 22.9 Å². The molecule has 5 N–H and O–H groups in total. The van der Waals surface area contributed by atoms with Crippen molar-refractivity contribution in [3.63, 3.8) is 0 Å². The summed E-state index contributed by atoms with van der Waals surface area (Å²) in [6, 6.07) is 7.01. The molecular formula is C23H30FN6O8P. The lowest BCUT2D eigenvalue weighted by Crippen LogP contribution is -2.37. The fourth-order valence-electron chi connectivity index (χ4n) is 4.01. The molecule has 0 spiro atoms. The first-order valence-corrected chi connectivity index (χ1v) is 13.6. The number of nitrogens with zero attached hydrogens (tertiary/aromatic N) is 3. The summed E-state index contributed by atoms with van der Waals surface area (Å²) < 4.78 is 51.3. The van der Waals surface area contributed by atoms with Crippen LogP contribution in [-0.4, -0.2) is 68.2 Å². The smallest absolute Gasteiger partial charge is 0.459 e. The van der Waals surface area contributed by atoms with Gasteiger partial charge < -0.3 is 24.8 Å². The van der Waals surface area contributed by atoms with Gasteiger partial charge in [-0.05, 0) is 32.9 Å². The Morgan fingerprint density at radius 3 is 2.72 bits per heavy atom. The predicted molar refractivity (Wildman–Crippen MR) is 136 cm³/mol. The van der Waals surface area contributed by atoms with Gasteiger partial charge in [-0.2, -0.15) is 10.1 Å². The Kier molecular flexibility index (Phi) is 8.67. The number of benzene rings is 1. The first-order chi connectivity index (χ1) is 18.5. The molecule has 39 heavy (non-hydrogen) atoms. The molecule has 1 saturated heterocycles. The number of imidazole rings is 1. The number of nitrogens with two attached hydrogens (primary N) is 1. The zero-order chi connectivity index (χ0) is 28.3. The van der Waals surface area contributed by atoms with Crippen molar-refractivity contribution in [1.29, 1.82) is 0 Å². The second-order valence-corrected chi connectivity index (χ2v) is 10.9. The van der Waals surface area contributed by atoms with Crippen LogP contribution < -0.4 is 20.9 Å². The van der Waals surface area contributed by atoms with Crippen LogP contribution >= 0.6 is 7.75 Å². The average molecular weight is 568 g/mol. The molecule has 1 aliphatic rings. The Balaban J connectivity index is 1.55. The molecule has 4 rings (SSSR count). The van der Waals surface area contributed by atoms with E-state index in [4.69, 9.17) is 24.3 Å². The van der Waals surface area contributed by atoms with Crippen molar-refractivity contribution in [2.45, 2.75) is 51.4 Å². The van der Waals surface area contributed by atoms with Crippen molar-refractivity contribution in [2.24, 2.45) is 5.92 Å². The van der Waals surface area contributed by atoms with Crippen LogP contribution in [0.2, 0.25) is 0 Å². The molecule has 1 aliphatic heterocycles. The average Bonchev–Trinajstić information content (AvgIpc) is 3.43. The number of carbonyl (C=O) groups excluding carboxylic acids is 1. The van der Waals surface area contributed by atoms with Gasteiger partial charge in [0.25, 0.3) is 5.56 Å². The normalized spacial score (nSPS) is 23.5. The van der Waals surface area contributed by atoms with Crippen LogP contribution in [0.25, 0.3) is 11.2 Å². The van der Waals surface area contributed by atoms with Crippen LogP contribution in [0.3, 0.4) is 0 Å². The number of hydrogen-bond acceptors (Lipinski definition) is 11. The maximum Gasteiger partial charge on any atom is 0.459 e. The van der Waals surface area contributed by atoms with Gasteiger partial charge in [-0.25, -0.2) is 9.55 Å². The monoisotopic (exact) mass is 568 g/mol. The molecule has 3 aromatic rings. The Morgan fingerprint density at radius 1 is 1.33 bits per heavy atom. The van der Waals surface area contributed by atoms with Crippen molar-refractivity contribution >= 4 is 30.8 Å². The molecule has 3 heterocycles. The minimum absolute atomic E-state index is 0.0247. The zero-order valence-corrected chi connectivity index (χ0v) is 22.3. The van der Waals surface area contributed by atoms with E-state index in [1.807, 2.05) is 0 Å². The summed E-state index contributed by atoms with van der Waals surface area (Å²) in [7, 11) is -4.26. The zero-order valence-electron chi connectivity index (χ0n) is 21.4. The lowest BCUT2D eigenvalue weighted by Gasteiger charge is -2.25. The van der Waals surface area contributed by atoms with Gasteiger partial charge in [0, 0.05) is 5.92 Å².